The number of halogens is 1. The first-order chi connectivity index (χ1) is 9.55. The number of nitrogens with one attached hydrogen (secondary N) is 1. The van der Waals surface area contributed by atoms with E-state index in [-0.39, 0.29) is 5.91 Å². The summed E-state index contributed by atoms with van der Waals surface area (Å²) < 4.78 is 1.00. The fourth-order valence-electron chi connectivity index (χ4n) is 3.14. The monoisotopic (exact) mass is 338 g/mol. The first-order valence-corrected chi connectivity index (χ1v) is 8.19. The molecule has 0 radical (unpaired) electrons. The van der Waals surface area contributed by atoms with Crippen molar-refractivity contribution in [2.45, 2.75) is 51.0 Å². The molecule has 0 bridgehead atoms. The predicted molar refractivity (Wildman–Crippen MR) is 86.6 cm³/mol. The molecule has 0 spiro atoms. The lowest BCUT2D eigenvalue weighted by molar-refractivity contribution is -0.123. The van der Waals surface area contributed by atoms with Crippen LogP contribution in [0.5, 0.6) is 0 Å². The van der Waals surface area contributed by atoms with Crippen LogP contribution in [0.3, 0.4) is 0 Å². The van der Waals surface area contributed by atoms with Crippen LogP contribution in [0.1, 0.15) is 45.4 Å². The van der Waals surface area contributed by atoms with Crippen molar-refractivity contribution >= 4 is 27.5 Å². The minimum atomic E-state index is -0.578. The Morgan fingerprint density at radius 3 is 2.70 bits per heavy atom. The van der Waals surface area contributed by atoms with Gasteiger partial charge in [0.2, 0.25) is 5.91 Å². The predicted octanol–water partition coefficient (Wildman–Crippen LogP) is 4.08. The van der Waals surface area contributed by atoms with Crippen LogP contribution < -0.4 is 11.1 Å². The average Bonchev–Trinajstić information content (AvgIpc) is 2.41. The Bertz CT molecular complexity index is 467. The zero-order valence-corrected chi connectivity index (χ0v) is 13.6. The van der Waals surface area contributed by atoms with Gasteiger partial charge in [0.1, 0.15) is 5.54 Å². The van der Waals surface area contributed by atoms with Crippen LogP contribution in [-0.2, 0) is 4.79 Å². The summed E-state index contributed by atoms with van der Waals surface area (Å²) in [5, 5.41) is 3.39. The molecule has 110 valence electrons. The molecular weight excluding hydrogens is 316 g/mol. The molecule has 4 heteroatoms. The largest absolute Gasteiger partial charge is 0.371 e. The van der Waals surface area contributed by atoms with Gasteiger partial charge in [-0.2, -0.15) is 0 Å². The Morgan fingerprint density at radius 1 is 1.45 bits per heavy atom. The van der Waals surface area contributed by atoms with Gasteiger partial charge in [-0.25, -0.2) is 0 Å². The maximum Gasteiger partial charge on any atom is 0.243 e. The molecule has 1 fully saturated rings. The topological polar surface area (TPSA) is 55.1 Å². The van der Waals surface area contributed by atoms with E-state index < -0.39 is 5.54 Å². The van der Waals surface area contributed by atoms with Crippen LogP contribution in [0.25, 0.3) is 0 Å². The van der Waals surface area contributed by atoms with Crippen molar-refractivity contribution < 1.29 is 4.79 Å². The first-order valence-electron chi connectivity index (χ1n) is 7.39. The summed E-state index contributed by atoms with van der Waals surface area (Å²) in [4.78, 5) is 12.0. The van der Waals surface area contributed by atoms with Crippen LogP contribution in [-0.4, -0.2) is 11.4 Å². The standard InChI is InChI=1S/C16H23BrN2O/c1-2-4-12-7-9-16(10-8-12,15(18)20)19-14-6-3-5-13(17)11-14/h3,5-6,11-12,19H,2,4,7-10H2,1H3,(H2,18,20). The van der Waals surface area contributed by atoms with Gasteiger partial charge in [0.15, 0.2) is 0 Å². The number of benzene rings is 1. The van der Waals surface area contributed by atoms with Crippen molar-refractivity contribution in [3.8, 4) is 0 Å². The number of carbonyl (C=O) groups is 1. The fraction of sp³-hybridized carbons (Fsp3) is 0.562. The Morgan fingerprint density at radius 2 is 2.15 bits per heavy atom. The van der Waals surface area contributed by atoms with Crippen molar-refractivity contribution in [3.05, 3.63) is 28.7 Å². The van der Waals surface area contributed by atoms with E-state index in [4.69, 9.17) is 5.73 Å². The smallest absolute Gasteiger partial charge is 0.243 e. The molecule has 1 aliphatic carbocycles. The van der Waals surface area contributed by atoms with Gasteiger partial charge >= 0.3 is 0 Å². The summed E-state index contributed by atoms with van der Waals surface area (Å²) in [5.41, 5.74) is 6.07. The molecule has 1 aromatic carbocycles. The average molecular weight is 339 g/mol. The third-order valence-electron chi connectivity index (χ3n) is 4.34. The quantitative estimate of drug-likeness (QED) is 0.849. The minimum absolute atomic E-state index is 0.229. The van der Waals surface area contributed by atoms with E-state index in [1.54, 1.807) is 0 Å². The van der Waals surface area contributed by atoms with E-state index >= 15 is 0 Å². The molecule has 2 rings (SSSR count). The van der Waals surface area contributed by atoms with Gasteiger partial charge in [-0.1, -0.05) is 41.8 Å². The molecule has 3 N–H and O–H groups in total. The third kappa shape index (κ3) is 3.54. The van der Waals surface area contributed by atoms with Gasteiger partial charge in [0.05, 0.1) is 0 Å². The molecule has 0 aliphatic heterocycles. The van der Waals surface area contributed by atoms with Crippen molar-refractivity contribution in [2.75, 3.05) is 5.32 Å². The molecule has 0 heterocycles. The van der Waals surface area contributed by atoms with Crippen molar-refractivity contribution in [3.63, 3.8) is 0 Å². The number of hydrogen-bond acceptors (Lipinski definition) is 2. The molecule has 1 aromatic rings. The summed E-state index contributed by atoms with van der Waals surface area (Å²) in [6.07, 6.45) is 6.30. The van der Waals surface area contributed by atoms with E-state index in [2.05, 4.69) is 28.2 Å². The highest BCUT2D eigenvalue weighted by Gasteiger charge is 2.40. The second-order valence-corrected chi connectivity index (χ2v) is 6.73. The highest BCUT2D eigenvalue weighted by Crippen LogP contribution is 2.36. The second kappa shape index (κ2) is 6.61. The number of rotatable bonds is 5. The molecule has 0 atom stereocenters. The lowest BCUT2D eigenvalue weighted by Crippen LogP contribution is -2.52. The van der Waals surface area contributed by atoms with Gasteiger partial charge in [0, 0.05) is 10.2 Å². The van der Waals surface area contributed by atoms with E-state index in [9.17, 15) is 4.79 Å². The summed E-state index contributed by atoms with van der Waals surface area (Å²) in [5.74, 6) is 0.518. The number of anilines is 1. The normalized spacial score (nSPS) is 26.2. The summed E-state index contributed by atoms with van der Waals surface area (Å²) in [7, 11) is 0. The van der Waals surface area contributed by atoms with E-state index in [0.717, 1.165) is 41.8 Å². The molecule has 0 unspecified atom stereocenters. The maximum absolute atomic E-state index is 12.0. The molecule has 0 aromatic heterocycles. The van der Waals surface area contributed by atoms with Crippen LogP contribution in [0, 0.1) is 5.92 Å². The Labute approximate surface area is 129 Å². The fourth-order valence-corrected chi connectivity index (χ4v) is 3.54. The number of amides is 1. The molecule has 1 saturated carbocycles. The second-order valence-electron chi connectivity index (χ2n) is 5.81. The summed E-state index contributed by atoms with van der Waals surface area (Å²) in [6, 6.07) is 7.90. The first kappa shape index (κ1) is 15.4. The third-order valence-corrected chi connectivity index (χ3v) is 4.83. The number of carbonyl (C=O) groups excluding carboxylic acids is 1. The molecule has 1 amide bonds. The Balaban J connectivity index is 2.10. The van der Waals surface area contributed by atoms with Crippen LogP contribution in [0.2, 0.25) is 0 Å². The van der Waals surface area contributed by atoms with E-state index in [1.165, 1.54) is 12.8 Å². The zero-order valence-electron chi connectivity index (χ0n) is 12.0. The van der Waals surface area contributed by atoms with Gasteiger partial charge in [-0.05, 0) is 49.8 Å². The van der Waals surface area contributed by atoms with E-state index in [1.807, 2.05) is 24.3 Å². The molecule has 3 nitrogen and oxygen atoms in total. The molecule has 0 saturated heterocycles. The molecular formula is C16H23BrN2O. The van der Waals surface area contributed by atoms with Crippen LogP contribution >= 0.6 is 15.9 Å². The summed E-state index contributed by atoms with van der Waals surface area (Å²) in [6.45, 7) is 2.22. The lowest BCUT2D eigenvalue weighted by atomic mass is 9.74. The Kier molecular flexibility index (Phi) is 5.08. The van der Waals surface area contributed by atoms with Crippen LogP contribution in [0.15, 0.2) is 28.7 Å². The molecule has 20 heavy (non-hydrogen) atoms. The number of nitrogens with two attached hydrogens (primary N) is 1. The minimum Gasteiger partial charge on any atom is -0.371 e. The number of hydrogen-bond donors (Lipinski definition) is 2. The van der Waals surface area contributed by atoms with Gasteiger partial charge in [-0.3, -0.25) is 4.79 Å². The van der Waals surface area contributed by atoms with Gasteiger partial charge in [-0.15, -0.1) is 0 Å². The SMILES string of the molecule is CCCC1CCC(Nc2cccc(Br)c2)(C(N)=O)CC1. The van der Waals surface area contributed by atoms with Crippen molar-refractivity contribution in [1.29, 1.82) is 0 Å². The number of primary amides is 1. The maximum atomic E-state index is 12.0. The summed E-state index contributed by atoms with van der Waals surface area (Å²) >= 11 is 3.46. The highest BCUT2D eigenvalue weighted by molar-refractivity contribution is 9.10. The van der Waals surface area contributed by atoms with Crippen LogP contribution in [0.4, 0.5) is 5.69 Å². The van der Waals surface area contributed by atoms with E-state index in [0.29, 0.717) is 0 Å². The highest BCUT2D eigenvalue weighted by atomic mass is 79.9. The van der Waals surface area contributed by atoms with Crippen molar-refractivity contribution in [2.24, 2.45) is 11.7 Å². The van der Waals surface area contributed by atoms with Crippen molar-refractivity contribution in [1.82, 2.24) is 0 Å². The zero-order chi connectivity index (χ0) is 14.6. The Hall–Kier alpha value is -1.03. The molecule has 1 aliphatic rings. The van der Waals surface area contributed by atoms with Gasteiger partial charge < -0.3 is 11.1 Å². The van der Waals surface area contributed by atoms with Gasteiger partial charge in [0.25, 0.3) is 0 Å². The lowest BCUT2D eigenvalue weighted by Gasteiger charge is -2.39.